The Kier molecular flexibility index (Phi) is 8.18. The van der Waals surface area contributed by atoms with Crippen LogP contribution < -0.4 is 11.1 Å². The van der Waals surface area contributed by atoms with E-state index in [1.54, 1.807) is 18.2 Å². The van der Waals surface area contributed by atoms with E-state index in [1.807, 2.05) is 6.92 Å². The number of aliphatic carboxylic acids is 1. The Morgan fingerprint density at radius 2 is 2.00 bits per heavy atom. The third kappa shape index (κ3) is 5.52. The smallest absolute Gasteiger partial charge is 0.330 e. The highest BCUT2D eigenvalue weighted by molar-refractivity contribution is 6.00. The van der Waals surface area contributed by atoms with Gasteiger partial charge in [0.2, 0.25) is 5.91 Å². The van der Waals surface area contributed by atoms with Crippen molar-refractivity contribution in [3.8, 4) is 0 Å². The normalized spacial score (nSPS) is 20.9. The standard InChI is InChI=1S/C18H26N2O6/c1-3-4-10-26-17(25)15(20-12(2)21)18(8-6-5-7-9-18)16(24)13(19)11-14(22)23/h5-8,13,15H,3-4,9-11,19H2,1-2H3,(H,20,21)(H,22,23)/t13-,15-,18?/m0/s1. The fraction of sp³-hybridized carbons (Fsp3) is 0.556. The van der Waals surface area contributed by atoms with E-state index in [0.29, 0.717) is 6.42 Å². The Balaban J connectivity index is 3.21. The van der Waals surface area contributed by atoms with E-state index in [9.17, 15) is 19.2 Å². The molecule has 8 heteroatoms. The lowest BCUT2D eigenvalue weighted by Crippen LogP contribution is -2.59. The summed E-state index contributed by atoms with van der Waals surface area (Å²) in [4.78, 5) is 48.2. The highest BCUT2D eigenvalue weighted by Crippen LogP contribution is 2.35. The number of hydrogen-bond donors (Lipinski definition) is 3. The summed E-state index contributed by atoms with van der Waals surface area (Å²) in [6, 6.07) is -2.60. The number of unbranched alkanes of at least 4 members (excludes halogenated alkanes) is 1. The van der Waals surface area contributed by atoms with E-state index in [1.165, 1.54) is 13.0 Å². The number of nitrogens with one attached hydrogen (secondary N) is 1. The van der Waals surface area contributed by atoms with Crippen molar-refractivity contribution >= 4 is 23.6 Å². The lowest BCUT2D eigenvalue weighted by Gasteiger charge is -2.37. The molecule has 1 aliphatic carbocycles. The Bertz CT molecular complexity index is 613. The quantitative estimate of drug-likeness (QED) is 0.382. The minimum absolute atomic E-state index is 0.101. The van der Waals surface area contributed by atoms with Crippen molar-refractivity contribution in [2.75, 3.05) is 6.61 Å². The van der Waals surface area contributed by atoms with Crippen LogP contribution in [0.15, 0.2) is 24.3 Å². The van der Waals surface area contributed by atoms with E-state index < -0.39 is 47.5 Å². The van der Waals surface area contributed by atoms with Crippen molar-refractivity contribution in [2.45, 2.75) is 51.6 Å². The van der Waals surface area contributed by atoms with Crippen LogP contribution in [-0.2, 0) is 23.9 Å². The topological polar surface area (TPSA) is 136 Å². The summed E-state index contributed by atoms with van der Waals surface area (Å²) in [5.41, 5.74) is 4.28. The lowest BCUT2D eigenvalue weighted by atomic mass is 9.69. The van der Waals surface area contributed by atoms with Gasteiger partial charge in [0.05, 0.1) is 24.5 Å². The number of ether oxygens (including phenoxy) is 1. The molecule has 0 aliphatic heterocycles. The Morgan fingerprint density at radius 1 is 1.31 bits per heavy atom. The first-order chi connectivity index (χ1) is 12.2. The number of carbonyl (C=O) groups excluding carboxylic acids is 3. The SMILES string of the molecule is CCCCOC(=O)[C@H](NC(C)=O)C1(C(=O)[C@@H](N)CC(=O)O)C=CC=CC1. The molecule has 3 atom stereocenters. The first kappa shape index (κ1) is 21.6. The minimum Gasteiger partial charge on any atom is -0.481 e. The Labute approximate surface area is 152 Å². The van der Waals surface area contributed by atoms with Gasteiger partial charge in [0.15, 0.2) is 5.78 Å². The molecule has 0 aromatic rings. The van der Waals surface area contributed by atoms with Crippen LogP contribution in [0.1, 0.15) is 39.5 Å². The first-order valence-corrected chi connectivity index (χ1v) is 8.54. The highest BCUT2D eigenvalue weighted by Gasteiger charge is 2.50. The van der Waals surface area contributed by atoms with Gasteiger partial charge in [-0.2, -0.15) is 0 Å². The summed E-state index contributed by atoms with van der Waals surface area (Å²) in [5.74, 6) is -3.11. The molecule has 0 fully saturated rings. The fourth-order valence-corrected chi connectivity index (χ4v) is 2.80. The molecule has 1 aliphatic rings. The Morgan fingerprint density at radius 3 is 2.50 bits per heavy atom. The van der Waals surface area contributed by atoms with Crippen molar-refractivity contribution in [1.29, 1.82) is 0 Å². The van der Waals surface area contributed by atoms with Crippen LogP contribution in [0, 0.1) is 5.41 Å². The number of nitrogens with two attached hydrogens (primary N) is 1. The van der Waals surface area contributed by atoms with Crippen molar-refractivity contribution < 1.29 is 29.0 Å². The summed E-state index contributed by atoms with van der Waals surface area (Å²) in [7, 11) is 0. The summed E-state index contributed by atoms with van der Waals surface area (Å²) < 4.78 is 5.21. The zero-order valence-corrected chi connectivity index (χ0v) is 15.1. The second-order valence-corrected chi connectivity index (χ2v) is 6.25. The van der Waals surface area contributed by atoms with Crippen LogP contribution in [0.5, 0.6) is 0 Å². The third-order valence-corrected chi connectivity index (χ3v) is 4.13. The van der Waals surface area contributed by atoms with Gasteiger partial charge in [0, 0.05) is 6.92 Å². The van der Waals surface area contributed by atoms with Gasteiger partial charge in [0.1, 0.15) is 6.04 Å². The van der Waals surface area contributed by atoms with E-state index in [-0.39, 0.29) is 13.0 Å². The van der Waals surface area contributed by atoms with Crippen LogP contribution in [-0.4, -0.2) is 47.4 Å². The minimum atomic E-state index is -1.49. The number of carboxylic acids is 1. The summed E-state index contributed by atoms with van der Waals surface area (Å²) >= 11 is 0. The fourth-order valence-electron chi connectivity index (χ4n) is 2.80. The van der Waals surface area contributed by atoms with Gasteiger partial charge in [-0.3, -0.25) is 14.4 Å². The van der Waals surface area contributed by atoms with E-state index in [4.69, 9.17) is 15.6 Å². The summed E-state index contributed by atoms with van der Waals surface area (Å²) in [6.45, 7) is 3.32. The molecular weight excluding hydrogens is 340 g/mol. The molecule has 1 amide bonds. The van der Waals surface area contributed by atoms with E-state index in [0.717, 1.165) is 6.42 Å². The predicted molar refractivity (Wildman–Crippen MR) is 94.0 cm³/mol. The molecule has 0 radical (unpaired) electrons. The van der Waals surface area contributed by atoms with Crippen LogP contribution >= 0.6 is 0 Å². The maximum atomic E-state index is 13.0. The molecule has 8 nitrogen and oxygen atoms in total. The molecule has 0 saturated carbocycles. The van der Waals surface area contributed by atoms with Gasteiger partial charge in [-0.15, -0.1) is 0 Å². The molecule has 0 aromatic carbocycles. The number of amides is 1. The summed E-state index contributed by atoms with van der Waals surface area (Å²) in [6.07, 6.45) is 7.41. The van der Waals surface area contributed by atoms with Gasteiger partial charge in [-0.25, -0.2) is 4.79 Å². The van der Waals surface area contributed by atoms with Crippen LogP contribution in [0.25, 0.3) is 0 Å². The monoisotopic (exact) mass is 366 g/mol. The van der Waals surface area contributed by atoms with Gasteiger partial charge >= 0.3 is 11.9 Å². The van der Waals surface area contributed by atoms with Crippen LogP contribution in [0.4, 0.5) is 0 Å². The highest BCUT2D eigenvalue weighted by atomic mass is 16.5. The summed E-state index contributed by atoms with van der Waals surface area (Å²) in [5, 5.41) is 11.4. The van der Waals surface area contributed by atoms with Crippen LogP contribution in [0.3, 0.4) is 0 Å². The molecule has 0 spiro atoms. The largest absolute Gasteiger partial charge is 0.481 e. The molecular formula is C18H26N2O6. The van der Waals surface area contributed by atoms with Crippen molar-refractivity contribution in [1.82, 2.24) is 5.32 Å². The number of carbonyl (C=O) groups is 4. The van der Waals surface area contributed by atoms with E-state index >= 15 is 0 Å². The maximum Gasteiger partial charge on any atom is 0.330 e. The Hall–Kier alpha value is -2.48. The first-order valence-electron chi connectivity index (χ1n) is 8.54. The van der Waals surface area contributed by atoms with Crippen molar-refractivity contribution in [3.63, 3.8) is 0 Å². The molecule has 4 N–H and O–H groups in total. The molecule has 1 rings (SSSR count). The number of allylic oxidation sites excluding steroid dienone is 3. The molecule has 1 unspecified atom stereocenters. The average Bonchev–Trinajstić information content (AvgIpc) is 2.59. The zero-order chi connectivity index (χ0) is 19.7. The van der Waals surface area contributed by atoms with Gasteiger partial charge < -0.3 is 20.9 Å². The second-order valence-electron chi connectivity index (χ2n) is 6.25. The number of Topliss-reactive ketones (excluding diaryl/α,β-unsaturated/α-hetero) is 1. The number of rotatable bonds is 10. The molecule has 0 heterocycles. The zero-order valence-electron chi connectivity index (χ0n) is 15.1. The van der Waals surface area contributed by atoms with Gasteiger partial charge in [-0.05, 0) is 12.8 Å². The number of esters is 1. The average molecular weight is 366 g/mol. The molecule has 0 saturated heterocycles. The second kappa shape index (κ2) is 9.86. The van der Waals surface area contributed by atoms with Gasteiger partial charge in [0.25, 0.3) is 0 Å². The number of carboxylic acid groups (broad SMARTS) is 1. The van der Waals surface area contributed by atoms with Crippen molar-refractivity contribution in [3.05, 3.63) is 24.3 Å². The molecule has 144 valence electrons. The molecule has 26 heavy (non-hydrogen) atoms. The maximum absolute atomic E-state index is 13.0. The third-order valence-electron chi connectivity index (χ3n) is 4.13. The van der Waals surface area contributed by atoms with E-state index in [2.05, 4.69) is 5.32 Å². The predicted octanol–water partition coefficient (Wildman–Crippen LogP) is 0.708. The molecule has 0 aromatic heterocycles. The number of hydrogen-bond acceptors (Lipinski definition) is 6. The van der Waals surface area contributed by atoms with Crippen LogP contribution in [0.2, 0.25) is 0 Å². The number of ketones is 1. The van der Waals surface area contributed by atoms with Crippen molar-refractivity contribution in [2.24, 2.45) is 11.1 Å². The van der Waals surface area contributed by atoms with Gasteiger partial charge in [-0.1, -0.05) is 37.6 Å². The lowest BCUT2D eigenvalue weighted by molar-refractivity contribution is -0.154. The molecule has 0 bridgehead atoms.